The maximum atomic E-state index is 13.1. The molecule has 2 aliphatic rings. The highest BCUT2D eigenvalue weighted by Gasteiger charge is 2.40. The highest BCUT2D eigenvalue weighted by Crippen LogP contribution is 2.33. The zero-order chi connectivity index (χ0) is 20.7. The molecule has 29 heavy (non-hydrogen) atoms. The summed E-state index contributed by atoms with van der Waals surface area (Å²) >= 11 is 0. The molecule has 9 nitrogen and oxygen atoms in total. The lowest BCUT2D eigenvalue weighted by molar-refractivity contribution is -0.136. The summed E-state index contributed by atoms with van der Waals surface area (Å²) in [7, 11) is 0. The molecule has 0 bridgehead atoms. The monoisotopic (exact) mass is 398 g/mol. The molecule has 0 unspecified atom stereocenters. The van der Waals surface area contributed by atoms with Crippen molar-refractivity contribution in [2.24, 2.45) is 5.92 Å². The first kappa shape index (κ1) is 19.5. The maximum absolute atomic E-state index is 13.1. The van der Waals surface area contributed by atoms with Gasteiger partial charge in [0, 0.05) is 44.4 Å². The van der Waals surface area contributed by atoms with E-state index in [1.54, 1.807) is 28.3 Å². The average Bonchev–Trinajstić information content (AvgIpc) is 3.29. The van der Waals surface area contributed by atoms with Crippen LogP contribution in [0, 0.1) is 12.8 Å². The molecule has 4 rings (SSSR count). The van der Waals surface area contributed by atoms with Gasteiger partial charge in [-0.2, -0.15) is 0 Å². The zero-order valence-corrected chi connectivity index (χ0v) is 16.9. The molecule has 0 aromatic carbocycles. The first-order chi connectivity index (χ1) is 13.8. The lowest BCUT2D eigenvalue weighted by atomic mass is 10.1. The van der Waals surface area contributed by atoms with Crippen LogP contribution in [0.5, 0.6) is 0 Å². The summed E-state index contributed by atoms with van der Waals surface area (Å²) in [6.07, 6.45) is 3.05. The number of amides is 2. The minimum absolute atomic E-state index is 0.0648. The fourth-order valence-electron chi connectivity index (χ4n) is 4.10. The first-order valence-corrected chi connectivity index (χ1v) is 9.96. The first-order valence-electron chi connectivity index (χ1n) is 9.96. The third-order valence-electron chi connectivity index (χ3n) is 5.55. The maximum Gasteiger partial charge on any atom is 0.256 e. The fraction of sp³-hybridized carbons (Fsp3) is 0.550. The molecule has 1 saturated heterocycles. The second-order valence-corrected chi connectivity index (χ2v) is 8.15. The van der Waals surface area contributed by atoms with Crippen LogP contribution < -0.4 is 0 Å². The van der Waals surface area contributed by atoms with Gasteiger partial charge in [0.15, 0.2) is 11.6 Å². The number of carbonyl (C=O) groups is 2. The Morgan fingerprint density at radius 3 is 2.72 bits per heavy atom. The van der Waals surface area contributed by atoms with E-state index in [9.17, 15) is 14.7 Å². The second-order valence-electron chi connectivity index (χ2n) is 8.15. The third-order valence-corrected chi connectivity index (χ3v) is 5.55. The Labute approximate surface area is 169 Å². The van der Waals surface area contributed by atoms with Crippen molar-refractivity contribution in [1.29, 1.82) is 0 Å². The van der Waals surface area contributed by atoms with Crippen LogP contribution in [0.2, 0.25) is 0 Å². The van der Waals surface area contributed by atoms with Gasteiger partial charge < -0.3 is 19.5 Å². The van der Waals surface area contributed by atoms with Gasteiger partial charge in [-0.05, 0) is 18.6 Å². The van der Waals surface area contributed by atoms with Crippen LogP contribution in [0.4, 0.5) is 0 Å². The number of fused-ring (bicyclic) bond motifs is 1. The Kier molecular flexibility index (Phi) is 5.08. The van der Waals surface area contributed by atoms with Gasteiger partial charge >= 0.3 is 0 Å². The van der Waals surface area contributed by atoms with Gasteiger partial charge in [0.05, 0.1) is 24.3 Å². The predicted octanol–water partition coefficient (Wildman–Crippen LogP) is 0.928. The van der Waals surface area contributed by atoms with Gasteiger partial charge in [-0.3, -0.25) is 14.6 Å². The molecule has 0 spiro atoms. The van der Waals surface area contributed by atoms with Crippen molar-refractivity contribution in [2.45, 2.75) is 52.4 Å². The largest absolute Gasteiger partial charge is 0.391 e. The number of hydrogen-bond donors (Lipinski definition) is 1. The number of nitrogens with zero attached hydrogens (tertiary/aromatic N) is 6. The summed E-state index contributed by atoms with van der Waals surface area (Å²) in [4.78, 5) is 33.0. The van der Waals surface area contributed by atoms with Crippen molar-refractivity contribution in [3.8, 4) is 0 Å². The molecule has 9 heteroatoms. The summed E-state index contributed by atoms with van der Waals surface area (Å²) in [5.74, 6) is 1.24. The van der Waals surface area contributed by atoms with E-state index in [1.807, 2.05) is 25.3 Å². The number of carbonyl (C=O) groups excluding carboxylic acids is 2. The van der Waals surface area contributed by atoms with Crippen LogP contribution in [0.1, 0.15) is 53.9 Å². The Hall–Kier alpha value is -2.81. The van der Waals surface area contributed by atoms with E-state index in [4.69, 9.17) is 0 Å². The number of aliphatic hydroxyl groups is 1. The standard InChI is InChI=1S/C20H26N6O3/c1-12(2)19(28)24-4-5-25-17(11-24)22-23-18(25)16-7-15(27)10-26(16)20(29)14-6-13(3)8-21-9-14/h6,8-9,12,15-16,27H,4-5,7,10-11H2,1-3H3/t15-,16-/m0/s1. The van der Waals surface area contributed by atoms with Crippen molar-refractivity contribution < 1.29 is 14.7 Å². The van der Waals surface area contributed by atoms with Crippen molar-refractivity contribution >= 4 is 11.8 Å². The Morgan fingerprint density at radius 2 is 2.00 bits per heavy atom. The Balaban J connectivity index is 1.60. The minimum atomic E-state index is -0.614. The SMILES string of the molecule is Cc1cncc(C(=O)N2C[C@@H](O)C[C@H]2c2nnc3n2CCN(C(=O)C(C)C)C3)c1. The number of aliphatic hydroxyl groups excluding tert-OH is 1. The van der Waals surface area contributed by atoms with Gasteiger partial charge in [0.25, 0.3) is 5.91 Å². The Bertz CT molecular complexity index is 940. The van der Waals surface area contributed by atoms with E-state index in [-0.39, 0.29) is 30.3 Å². The zero-order valence-electron chi connectivity index (χ0n) is 16.9. The van der Waals surface area contributed by atoms with E-state index in [0.29, 0.717) is 43.3 Å². The molecule has 154 valence electrons. The van der Waals surface area contributed by atoms with Gasteiger partial charge in [-0.15, -0.1) is 10.2 Å². The van der Waals surface area contributed by atoms with Crippen molar-refractivity contribution in [2.75, 3.05) is 13.1 Å². The number of β-amino-alcohol motifs (C(OH)–C–C–N with tert-alkyl or cyclic N) is 1. The van der Waals surface area contributed by atoms with Crippen molar-refractivity contribution in [1.82, 2.24) is 29.5 Å². The normalized spacial score (nSPS) is 21.6. The van der Waals surface area contributed by atoms with Crippen LogP contribution in [0.3, 0.4) is 0 Å². The molecule has 2 atom stereocenters. The highest BCUT2D eigenvalue weighted by atomic mass is 16.3. The van der Waals surface area contributed by atoms with E-state index in [2.05, 4.69) is 15.2 Å². The molecule has 2 amide bonds. The third kappa shape index (κ3) is 3.62. The topological polar surface area (TPSA) is 104 Å². The van der Waals surface area contributed by atoms with Gasteiger partial charge in [-0.1, -0.05) is 13.8 Å². The number of aromatic nitrogens is 4. The van der Waals surface area contributed by atoms with E-state index in [1.165, 1.54) is 0 Å². The van der Waals surface area contributed by atoms with Crippen LogP contribution in [0.15, 0.2) is 18.5 Å². The van der Waals surface area contributed by atoms with Crippen LogP contribution in [0.25, 0.3) is 0 Å². The van der Waals surface area contributed by atoms with E-state index >= 15 is 0 Å². The number of likely N-dealkylation sites (tertiary alicyclic amines) is 1. The summed E-state index contributed by atoms with van der Waals surface area (Å²) in [5.41, 5.74) is 1.40. The molecule has 0 aliphatic carbocycles. The van der Waals surface area contributed by atoms with E-state index < -0.39 is 6.10 Å². The van der Waals surface area contributed by atoms with Crippen molar-refractivity contribution in [3.05, 3.63) is 41.2 Å². The molecule has 2 aromatic rings. The van der Waals surface area contributed by atoms with E-state index in [0.717, 1.165) is 5.56 Å². The molecule has 2 aromatic heterocycles. The molecule has 2 aliphatic heterocycles. The molecule has 1 fully saturated rings. The minimum Gasteiger partial charge on any atom is -0.391 e. The summed E-state index contributed by atoms with van der Waals surface area (Å²) < 4.78 is 1.99. The van der Waals surface area contributed by atoms with Gasteiger partial charge in [-0.25, -0.2) is 0 Å². The Morgan fingerprint density at radius 1 is 1.21 bits per heavy atom. The molecule has 0 saturated carbocycles. The number of hydrogen-bond acceptors (Lipinski definition) is 6. The summed E-state index contributed by atoms with van der Waals surface area (Å²) in [6, 6.07) is 1.44. The van der Waals surface area contributed by atoms with Gasteiger partial charge in [0.1, 0.15) is 0 Å². The van der Waals surface area contributed by atoms with Crippen LogP contribution >= 0.6 is 0 Å². The van der Waals surface area contributed by atoms with Crippen LogP contribution in [-0.4, -0.2) is 65.7 Å². The lowest BCUT2D eigenvalue weighted by Crippen LogP contribution is -2.41. The lowest BCUT2D eigenvalue weighted by Gasteiger charge is -2.31. The fourth-order valence-corrected chi connectivity index (χ4v) is 4.10. The molecular formula is C20H26N6O3. The molecule has 0 radical (unpaired) electrons. The number of aryl methyl sites for hydroxylation is 1. The summed E-state index contributed by atoms with van der Waals surface area (Å²) in [6.45, 7) is 7.48. The molecule has 4 heterocycles. The predicted molar refractivity (Wildman–Crippen MR) is 104 cm³/mol. The quantitative estimate of drug-likeness (QED) is 0.825. The smallest absolute Gasteiger partial charge is 0.256 e. The second kappa shape index (κ2) is 7.55. The van der Waals surface area contributed by atoms with Crippen molar-refractivity contribution in [3.63, 3.8) is 0 Å². The molecular weight excluding hydrogens is 372 g/mol. The number of pyridine rings is 1. The van der Waals surface area contributed by atoms with Crippen LogP contribution in [-0.2, 0) is 17.9 Å². The summed E-state index contributed by atoms with van der Waals surface area (Å²) in [5, 5.41) is 18.9. The van der Waals surface area contributed by atoms with Gasteiger partial charge in [0.2, 0.25) is 5.91 Å². The average molecular weight is 398 g/mol. The molecule has 1 N–H and O–H groups in total. The highest BCUT2D eigenvalue weighted by molar-refractivity contribution is 5.94. The number of rotatable bonds is 3.